The predicted octanol–water partition coefficient (Wildman–Crippen LogP) is 3.19. The summed E-state index contributed by atoms with van der Waals surface area (Å²) in [7, 11) is 0. The van der Waals surface area contributed by atoms with Gasteiger partial charge in [0.25, 0.3) is 5.91 Å². The molecule has 0 bridgehead atoms. The first kappa shape index (κ1) is 13.2. The molecule has 6 heteroatoms. The number of nitrogens with one attached hydrogen (secondary N) is 1. The van der Waals surface area contributed by atoms with E-state index in [-0.39, 0.29) is 0 Å². The second-order valence-corrected chi connectivity index (χ2v) is 3.93. The SMILES string of the molecule is CC(NC(=O)c1ccc(F)c(F)c1F)c1ccco1. The number of halogens is 3. The van der Waals surface area contributed by atoms with Crippen molar-refractivity contribution in [1.29, 1.82) is 0 Å². The van der Waals surface area contributed by atoms with E-state index >= 15 is 0 Å². The van der Waals surface area contributed by atoms with Gasteiger partial charge < -0.3 is 9.73 Å². The number of hydrogen-bond acceptors (Lipinski definition) is 2. The first-order chi connectivity index (χ1) is 9.00. The van der Waals surface area contributed by atoms with Gasteiger partial charge in [-0.25, -0.2) is 13.2 Å². The molecular formula is C13H10F3NO2. The third-order valence-electron chi connectivity index (χ3n) is 2.60. The molecule has 0 aliphatic carbocycles. The van der Waals surface area contributed by atoms with Gasteiger partial charge in [-0.05, 0) is 31.2 Å². The Kier molecular flexibility index (Phi) is 3.59. The molecule has 3 nitrogen and oxygen atoms in total. The smallest absolute Gasteiger partial charge is 0.254 e. The lowest BCUT2D eigenvalue weighted by molar-refractivity contribution is 0.0930. The summed E-state index contributed by atoms with van der Waals surface area (Å²) in [4.78, 5) is 11.8. The van der Waals surface area contributed by atoms with Crippen LogP contribution in [0, 0.1) is 17.5 Å². The minimum absolute atomic E-state index is 0.469. The lowest BCUT2D eigenvalue weighted by atomic mass is 10.1. The third kappa shape index (κ3) is 2.62. The van der Waals surface area contributed by atoms with Gasteiger partial charge in [-0.2, -0.15) is 0 Å². The van der Waals surface area contributed by atoms with Crippen LogP contribution in [0.5, 0.6) is 0 Å². The molecule has 0 aliphatic rings. The summed E-state index contributed by atoms with van der Waals surface area (Å²) in [6, 6.07) is 4.33. The van der Waals surface area contributed by atoms with Crippen LogP contribution in [0.1, 0.15) is 29.1 Å². The van der Waals surface area contributed by atoms with Crippen LogP contribution in [0.4, 0.5) is 13.2 Å². The highest BCUT2D eigenvalue weighted by atomic mass is 19.2. The molecule has 1 amide bonds. The molecule has 1 unspecified atom stereocenters. The molecule has 0 saturated heterocycles. The molecular weight excluding hydrogens is 259 g/mol. The molecule has 2 rings (SSSR count). The second kappa shape index (κ2) is 5.17. The summed E-state index contributed by atoms with van der Waals surface area (Å²) in [6.07, 6.45) is 1.43. The Morgan fingerprint density at radius 1 is 1.21 bits per heavy atom. The van der Waals surface area contributed by atoms with Gasteiger partial charge in [-0.15, -0.1) is 0 Å². The lowest BCUT2D eigenvalue weighted by Gasteiger charge is -2.12. The Morgan fingerprint density at radius 2 is 1.95 bits per heavy atom. The Hall–Kier alpha value is -2.24. The van der Waals surface area contributed by atoms with E-state index in [9.17, 15) is 18.0 Å². The van der Waals surface area contributed by atoms with Crippen LogP contribution in [0.3, 0.4) is 0 Å². The highest BCUT2D eigenvalue weighted by Gasteiger charge is 2.20. The van der Waals surface area contributed by atoms with Crippen LogP contribution in [-0.2, 0) is 0 Å². The Morgan fingerprint density at radius 3 is 2.58 bits per heavy atom. The van der Waals surface area contributed by atoms with E-state index in [2.05, 4.69) is 5.32 Å². The van der Waals surface area contributed by atoms with Crippen molar-refractivity contribution >= 4 is 5.91 Å². The molecule has 100 valence electrons. The zero-order valence-corrected chi connectivity index (χ0v) is 9.91. The summed E-state index contributed by atoms with van der Waals surface area (Å²) in [5.41, 5.74) is -0.558. The first-order valence-corrected chi connectivity index (χ1v) is 5.48. The predicted molar refractivity (Wildman–Crippen MR) is 60.9 cm³/mol. The van der Waals surface area contributed by atoms with E-state index in [0.717, 1.165) is 6.07 Å². The third-order valence-corrected chi connectivity index (χ3v) is 2.60. The Balaban J connectivity index is 2.19. The number of amides is 1. The van der Waals surface area contributed by atoms with Crippen molar-refractivity contribution in [2.75, 3.05) is 0 Å². The lowest BCUT2D eigenvalue weighted by Crippen LogP contribution is -2.27. The van der Waals surface area contributed by atoms with E-state index in [1.165, 1.54) is 6.26 Å². The van der Waals surface area contributed by atoms with Crippen molar-refractivity contribution in [2.24, 2.45) is 0 Å². The van der Waals surface area contributed by atoms with E-state index < -0.39 is 35.0 Å². The van der Waals surface area contributed by atoms with Gasteiger partial charge in [0.2, 0.25) is 0 Å². The van der Waals surface area contributed by atoms with E-state index in [1.54, 1.807) is 19.1 Å². The molecule has 19 heavy (non-hydrogen) atoms. The summed E-state index contributed by atoms with van der Waals surface area (Å²) in [5.74, 6) is -4.90. The molecule has 1 aromatic heterocycles. The number of benzene rings is 1. The van der Waals surface area contributed by atoms with Crippen LogP contribution >= 0.6 is 0 Å². The molecule has 2 aromatic rings. The number of furan rings is 1. The molecule has 0 saturated carbocycles. The van der Waals surface area contributed by atoms with Crippen molar-refractivity contribution < 1.29 is 22.4 Å². The number of carbonyl (C=O) groups excluding carboxylic acids is 1. The van der Waals surface area contributed by atoms with Gasteiger partial charge >= 0.3 is 0 Å². The van der Waals surface area contributed by atoms with E-state index in [4.69, 9.17) is 4.42 Å². The molecule has 1 heterocycles. The molecule has 1 aromatic carbocycles. The van der Waals surface area contributed by atoms with Crippen LogP contribution in [0.15, 0.2) is 34.9 Å². The molecule has 0 spiro atoms. The van der Waals surface area contributed by atoms with Crippen molar-refractivity contribution in [3.05, 3.63) is 59.3 Å². The zero-order chi connectivity index (χ0) is 14.0. The van der Waals surface area contributed by atoms with Crippen LogP contribution in [0.2, 0.25) is 0 Å². The summed E-state index contributed by atoms with van der Waals surface area (Å²) in [5, 5.41) is 2.42. The Labute approximate surface area is 107 Å². The fourth-order valence-corrected chi connectivity index (χ4v) is 1.58. The Bertz CT molecular complexity index is 596. The largest absolute Gasteiger partial charge is 0.467 e. The quantitative estimate of drug-likeness (QED) is 0.869. The number of hydrogen-bond donors (Lipinski definition) is 1. The topological polar surface area (TPSA) is 42.2 Å². The second-order valence-electron chi connectivity index (χ2n) is 3.93. The van der Waals surface area contributed by atoms with Crippen molar-refractivity contribution in [3.63, 3.8) is 0 Å². The van der Waals surface area contributed by atoms with Gasteiger partial charge in [0.1, 0.15) is 5.76 Å². The number of carbonyl (C=O) groups is 1. The normalized spacial score (nSPS) is 12.2. The standard InChI is InChI=1S/C13H10F3NO2/c1-7(10-3-2-6-19-10)17-13(18)8-4-5-9(14)12(16)11(8)15/h2-7H,1H3,(H,17,18). The fourth-order valence-electron chi connectivity index (χ4n) is 1.58. The highest BCUT2D eigenvalue weighted by Crippen LogP contribution is 2.17. The van der Waals surface area contributed by atoms with Crippen LogP contribution in [0.25, 0.3) is 0 Å². The van der Waals surface area contributed by atoms with Crippen molar-refractivity contribution in [2.45, 2.75) is 13.0 Å². The van der Waals surface area contributed by atoms with Gasteiger partial charge in [0.05, 0.1) is 17.9 Å². The van der Waals surface area contributed by atoms with Gasteiger partial charge in [0, 0.05) is 0 Å². The zero-order valence-electron chi connectivity index (χ0n) is 9.91. The van der Waals surface area contributed by atoms with Crippen LogP contribution < -0.4 is 5.32 Å². The van der Waals surface area contributed by atoms with Crippen molar-refractivity contribution in [3.8, 4) is 0 Å². The van der Waals surface area contributed by atoms with Gasteiger partial charge in [0.15, 0.2) is 17.5 Å². The summed E-state index contributed by atoms with van der Waals surface area (Å²) >= 11 is 0. The maximum absolute atomic E-state index is 13.4. The molecule has 0 radical (unpaired) electrons. The molecule has 1 atom stereocenters. The summed E-state index contributed by atoms with van der Waals surface area (Å²) < 4.78 is 44.2. The average molecular weight is 269 g/mol. The van der Waals surface area contributed by atoms with Gasteiger partial charge in [-0.1, -0.05) is 0 Å². The average Bonchev–Trinajstić information content (AvgIpc) is 2.89. The maximum atomic E-state index is 13.4. The molecule has 0 fully saturated rings. The fraction of sp³-hybridized carbons (Fsp3) is 0.154. The highest BCUT2D eigenvalue weighted by molar-refractivity contribution is 5.94. The molecule has 1 N–H and O–H groups in total. The number of rotatable bonds is 3. The van der Waals surface area contributed by atoms with Crippen molar-refractivity contribution in [1.82, 2.24) is 5.32 Å². The van der Waals surface area contributed by atoms with E-state index in [0.29, 0.717) is 11.8 Å². The minimum Gasteiger partial charge on any atom is -0.467 e. The summed E-state index contributed by atoms with van der Waals surface area (Å²) in [6.45, 7) is 1.62. The first-order valence-electron chi connectivity index (χ1n) is 5.48. The van der Waals surface area contributed by atoms with Crippen LogP contribution in [-0.4, -0.2) is 5.91 Å². The monoisotopic (exact) mass is 269 g/mol. The van der Waals surface area contributed by atoms with Gasteiger partial charge in [-0.3, -0.25) is 4.79 Å². The maximum Gasteiger partial charge on any atom is 0.254 e. The molecule has 0 aliphatic heterocycles. The minimum atomic E-state index is -1.67. The van der Waals surface area contributed by atoms with E-state index in [1.807, 2.05) is 0 Å².